The van der Waals surface area contributed by atoms with E-state index in [1.807, 2.05) is 54.2 Å². The highest BCUT2D eigenvalue weighted by Crippen LogP contribution is 2.20. The lowest BCUT2D eigenvalue weighted by Gasteiger charge is -2.01. The van der Waals surface area contributed by atoms with Gasteiger partial charge in [-0.2, -0.15) is 0 Å². The van der Waals surface area contributed by atoms with Crippen molar-refractivity contribution >= 4 is 28.4 Å². The van der Waals surface area contributed by atoms with Crippen molar-refractivity contribution in [3.05, 3.63) is 65.9 Å². The lowest BCUT2D eigenvalue weighted by Crippen LogP contribution is -2.25. The first-order valence-electron chi connectivity index (χ1n) is 8.69. The number of hydrogen-bond donors (Lipinski definition) is 2. The number of hydrogen-bond acceptors (Lipinski definition) is 2. The number of nitrogens with one attached hydrogen (secondary N) is 2. The van der Waals surface area contributed by atoms with Crippen LogP contribution in [0.4, 0.5) is 5.69 Å². The Morgan fingerprint density at radius 3 is 2.56 bits per heavy atom. The topological polar surface area (TPSA) is 63.1 Å². The van der Waals surface area contributed by atoms with E-state index in [0.29, 0.717) is 6.42 Å². The van der Waals surface area contributed by atoms with Gasteiger partial charge in [-0.25, -0.2) is 0 Å². The van der Waals surface area contributed by atoms with E-state index in [4.69, 9.17) is 0 Å². The van der Waals surface area contributed by atoms with E-state index in [1.165, 1.54) is 6.92 Å². The van der Waals surface area contributed by atoms with Crippen LogP contribution in [0.1, 0.15) is 18.1 Å². The summed E-state index contributed by atoms with van der Waals surface area (Å²) in [7, 11) is 1.98. The molecule has 0 aliphatic rings. The predicted molar refractivity (Wildman–Crippen MR) is 107 cm³/mol. The first-order valence-corrected chi connectivity index (χ1v) is 8.69. The number of carbonyl (C=O) groups excluding carboxylic acids is 2. The summed E-state index contributed by atoms with van der Waals surface area (Å²) in [5, 5.41) is 6.64. The largest absolute Gasteiger partial charge is 0.350 e. The van der Waals surface area contributed by atoms with E-state index in [2.05, 4.69) is 22.5 Å². The van der Waals surface area contributed by atoms with Crippen LogP contribution in [-0.2, 0) is 23.1 Å². The molecule has 0 atom stereocenters. The summed E-state index contributed by atoms with van der Waals surface area (Å²) in [5.41, 5.74) is 3.68. The molecule has 0 spiro atoms. The Hall–Kier alpha value is -3.52. The number of aromatic nitrogens is 1. The Kier molecular flexibility index (Phi) is 5.58. The number of amides is 2. The molecule has 0 aliphatic carbocycles. The minimum atomic E-state index is -0.109. The van der Waals surface area contributed by atoms with E-state index in [1.54, 1.807) is 12.1 Å². The molecule has 27 heavy (non-hydrogen) atoms. The minimum absolute atomic E-state index is 0.0540. The van der Waals surface area contributed by atoms with Crippen LogP contribution in [-0.4, -0.2) is 22.9 Å². The molecule has 136 valence electrons. The molecule has 0 unspecified atom stereocenters. The summed E-state index contributed by atoms with van der Waals surface area (Å²) in [4.78, 5) is 23.2. The highest BCUT2D eigenvalue weighted by Gasteiger charge is 2.09. The zero-order valence-electron chi connectivity index (χ0n) is 15.4. The van der Waals surface area contributed by atoms with Crippen LogP contribution in [0.3, 0.4) is 0 Å². The molecular formula is C22H21N3O2. The number of benzene rings is 2. The standard InChI is InChI=1S/C22H21N3O2/c1-16(26)24-19-11-9-17(10-12-19)6-5-13-23-22(27)14-18-15-25(2)21-8-4-3-7-20(18)21/h3-4,7-12,15H,13-14H2,1-2H3,(H,23,27)(H,24,26). The SMILES string of the molecule is CC(=O)Nc1ccc(C#CCNC(=O)Cc2cn(C)c3ccccc23)cc1. The van der Waals surface area contributed by atoms with Crippen LogP contribution in [0.25, 0.3) is 10.9 Å². The van der Waals surface area contributed by atoms with Gasteiger partial charge in [0, 0.05) is 42.3 Å². The van der Waals surface area contributed by atoms with Crippen molar-refractivity contribution in [3.8, 4) is 11.8 Å². The molecule has 0 radical (unpaired) electrons. The highest BCUT2D eigenvalue weighted by molar-refractivity contribution is 5.89. The van der Waals surface area contributed by atoms with Crippen LogP contribution < -0.4 is 10.6 Å². The van der Waals surface area contributed by atoms with Crippen LogP contribution in [0.2, 0.25) is 0 Å². The molecule has 0 fully saturated rings. The minimum Gasteiger partial charge on any atom is -0.350 e. The second-order valence-electron chi connectivity index (χ2n) is 6.30. The lowest BCUT2D eigenvalue weighted by molar-refractivity contribution is -0.120. The summed E-state index contributed by atoms with van der Waals surface area (Å²) < 4.78 is 2.03. The Labute approximate surface area is 158 Å². The van der Waals surface area contributed by atoms with Crippen molar-refractivity contribution in [1.82, 2.24) is 9.88 Å². The Morgan fingerprint density at radius 1 is 1.07 bits per heavy atom. The second kappa shape index (κ2) is 8.24. The quantitative estimate of drug-likeness (QED) is 0.704. The van der Waals surface area contributed by atoms with Gasteiger partial charge in [0.15, 0.2) is 0 Å². The Morgan fingerprint density at radius 2 is 1.81 bits per heavy atom. The smallest absolute Gasteiger partial charge is 0.225 e. The highest BCUT2D eigenvalue weighted by atomic mass is 16.2. The van der Waals surface area contributed by atoms with Crippen LogP contribution >= 0.6 is 0 Å². The van der Waals surface area contributed by atoms with Crippen molar-refractivity contribution in [2.75, 3.05) is 11.9 Å². The van der Waals surface area contributed by atoms with Crippen molar-refractivity contribution < 1.29 is 9.59 Å². The Bertz CT molecular complexity index is 1040. The summed E-state index contributed by atoms with van der Waals surface area (Å²) in [6, 6.07) is 15.3. The zero-order valence-corrected chi connectivity index (χ0v) is 15.4. The molecule has 5 nitrogen and oxygen atoms in total. The summed E-state index contributed by atoms with van der Waals surface area (Å²) in [6.45, 7) is 1.76. The summed E-state index contributed by atoms with van der Waals surface area (Å²) in [5.74, 6) is 5.78. The maximum absolute atomic E-state index is 12.2. The van der Waals surface area contributed by atoms with Gasteiger partial charge in [-0.15, -0.1) is 0 Å². The molecule has 2 N–H and O–H groups in total. The van der Waals surface area contributed by atoms with Gasteiger partial charge in [-0.3, -0.25) is 9.59 Å². The fourth-order valence-corrected chi connectivity index (χ4v) is 2.93. The van der Waals surface area contributed by atoms with Crippen molar-refractivity contribution in [3.63, 3.8) is 0 Å². The van der Waals surface area contributed by atoms with Crippen LogP contribution in [0, 0.1) is 11.8 Å². The average Bonchev–Trinajstić information content (AvgIpc) is 2.96. The predicted octanol–water partition coefficient (Wildman–Crippen LogP) is 2.85. The Balaban J connectivity index is 1.54. The molecule has 5 heteroatoms. The third kappa shape index (κ3) is 4.77. The van der Waals surface area contributed by atoms with Gasteiger partial charge in [-0.1, -0.05) is 30.0 Å². The number of rotatable bonds is 4. The fraction of sp³-hybridized carbons (Fsp3) is 0.182. The second-order valence-corrected chi connectivity index (χ2v) is 6.30. The van der Waals surface area contributed by atoms with Gasteiger partial charge in [0.2, 0.25) is 11.8 Å². The molecule has 3 rings (SSSR count). The van der Waals surface area contributed by atoms with Gasteiger partial charge in [-0.05, 0) is 35.9 Å². The van der Waals surface area contributed by atoms with Crippen molar-refractivity contribution in [2.45, 2.75) is 13.3 Å². The summed E-state index contributed by atoms with van der Waals surface area (Å²) >= 11 is 0. The van der Waals surface area contributed by atoms with Gasteiger partial charge in [0.1, 0.15) is 0 Å². The molecule has 2 aromatic carbocycles. The number of para-hydroxylation sites is 1. The number of anilines is 1. The molecular weight excluding hydrogens is 338 g/mol. The third-order valence-corrected chi connectivity index (χ3v) is 4.14. The number of fused-ring (bicyclic) bond motifs is 1. The van der Waals surface area contributed by atoms with Crippen molar-refractivity contribution in [1.29, 1.82) is 0 Å². The number of nitrogens with zero attached hydrogens (tertiary/aromatic N) is 1. The van der Waals surface area contributed by atoms with E-state index < -0.39 is 0 Å². The van der Waals surface area contributed by atoms with Gasteiger partial charge < -0.3 is 15.2 Å². The molecule has 3 aromatic rings. The van der Waals surface area contributed by atoms with E-state index in [-0.39, 0.29) is 18.4 Å². The molecule has 0 aliphatic heterocycles. The van der Waals surface area contributed by atoms with E-state index in [0.717, 1.165) is 27.7 Å². The molecule has 1 heterocycles. The zero-order chi connectivity index (χ0) is 19.2. The fourth-order valence-electron chi connectivity index (χ4n) is 2.93. The maximum Gasteiger partial charge on any atom is 0.225 e. The number of aryl methyl sites for hydroxylation is 1. The lowest BCUT2D eigenvalue weighted by atomic mass is 10.1. The third-order valence-electron chi connectivity index (χ3n) is 4.14. The summed E-state index contributed by atoms with van der Waals surface area (Å²) in [6.07, 6.45) is 2.32. The monoisotopic (exact) mass is 359 g/mol. The average molecular weight is 359 g/mol. The molecule has 0 bridgehead atoms. The first kappa shape index (κ1) is 18.3. The van der Waals surface area contributed by atoms with Gasteiger partial charge in [0.25, 0.3) is 0 Å². The maximum atomic E-state index is 12.2. The van der Waals surface area contributed by atoms with E-state index >= 15 is 0 Å². The molecule has 0 saturated heterocycles. The van der Waals surface area contributed by atoms with Crippen LogP contribution in [0.5, 0.6) is 0 Å². The van der Waals surface area contributed by atoms with Gasteiger partial charge >= 0.3 is 0 Å². The van der Waals surface area contributed by atoms with E-state index in [9.17, 15) is 9.59 Å². The van der Waals surface area contributed by atoms with Crippen LogP contribution in [0.15, 0.2) is 54.7 Å². The van der Waals surface area contributed by atoms with Crippen molar-refractivity contribution in [2.24, 2.45) is 7.05 Å². The molecule has 1 aromatic heterocycles. The van der Waals surface area contributed by atoms with Gasteiger partial charge in [0.05, 0.1) is 13.0 Å². The normalized spacial score (nSPS) is 10.1. The number of carbonyl (C=O) groups is 2. The molecule has 2 amide bonds. The first-order chi connectivity index (χ1) is 13.0. The molecule has 0 saturated carbocycles.